The summed E-state index contributed by atoms with van der Waals surface area (Å²) in [5.41, 5.74) is 2.78. The summed E-state index contributed by atoms with van der Waals surface area (Å²) in [4.78, 5) is 2.53. The van der Waals surface area contributed by atoms with Gasteiger partial charge in [0.05, 0.1) is 0 Å². The molecule has 2 fully saturated rings. The lowest BCUT2D eigenvalue weighted by atomic mass is 9.92. The molecule has 1 aromatic rings. The van der Waals surface area contributed by atoms with Crippen molar-refractivity contribution in [3.8, 4) is 0 Å². The van der Waals surface area contributed by atoms with Crippen molar-refractivity contribution in [1.82, 2.24) is 5.32 Å². The minimum atomic E-state index is 0.351. The highest BCUT2D eigenvalue weighted by Crippen LogP contribution is 2.35. The topological polar surface area (TPSA) is 15.3 Å². The van der Waals surface area contributed by atoms with Crippen molar-refractivity contribution in [3.63, 3.8) is 0 Å². The molecule has 2 nitrogen and oxygen atoms in total. The predicted octanol–water partition coefficient (Wildman–Crippen LogP) is 3.76. The summed E-state index contributed by atoms with van der Waals surface area (Å²) in [5.74, 6) is 0. The highest BCUT2D eigenvalue weighted by atomic mass is 35.5. The number of piperazine rings is 1. The first-order valence-corrected chi connectivity index (χ1v) is 7.75. The molecular weight excluding hydrogens is 256 g/mol. The maximum Gasteiger partial charge on any atom is 0.0455 e. The van der Waals surface area contributed by atoms with E-state index < -0.39 is 0 Å². The van der Waals surface area contributed by atoms with E-state index >= 15 is 0 Å². The summed E-state index contributed by atoms with van der Waals surface area (Å²) in [6.45, 7) is 6.55. The summed E-state index contributed by atoms with van der Waals surface area (Å²) in [6.07, 6.45) is 5.36. The van der Waals surface area contributed by atoms with Crippen molar-refractivity contribution >= 4 is 17.3 Å². The minimum absolute atomic E-state index is 0.351. The largest absolute Gasteiger partial charge is 0.366 e. The van der Waals surface area contributed by atoms with Crippen molar-refractivity contribution in [2.75, 3.05) is 18.0 Å². The van der Waals surface area contributed by atoms with Crippen LogP contribution in [0.5, 0.6) is 0 Å². The average Bonchev–Trinajstić information content (AvgIpc) is 2.85. The molecule has 1 aliphatic heterocycles. The second kappa shape index (κ2) is 4.99. The molecule has 0 amide bonds. The van der Waals surface area contributed by atoms with Gasteiger partial charge in [0.25, 0.3) is 0 Å². The van der Waals surface area contributed by atoms with E-state index in [1.54, 1.807) is 0 Å². The zero-order valence-corrected chi connectivity index (χ0v) is 12.6. The van der Waals surface area contributed by atoms with E-state index in [-0.39, 0.29) is 0 Å². The van der Waals surface area contributed by atoms with E-state index in [1.807, 2.05) is 0 Å². The molecule has 1 aliphatic carbocycles. The number of nitrogens with zero attached hydrogens (tertiary/aromatic N) is 1. The molecule has 2 aliphatic rings. The summed E-state index contributed by atoms with van der Waals surface area (Å²) >= 11 is 6.29. The van der Waals surface area contributed by atoms with Crippen LogP contribution in [0, 0.1) is 6.92 Å². The first-order valence-electron chi connectivity index (χ1n) is 7.37. The summed E-state index contributed by atoms with van der Waals surface area (Å²) in [6, 6.07) is 7.01. The molecule has 3 rings (SSSR count). The second-order valence-electron chi connectivity index (χ2n) is 6.28. The molecule has 0 radical (unpaired) electrons. The normalized spacial score (nSPS) is 26.1. The molecule has 1 heterocycles. The van der Waals surface area contributed by atoms with E-state index in [4.69, 9.17) is 11.6 Å². The van der Waals surface area contributed by atoms with Crippen LogP contribution >= 0.6 is 11.6 Å². The van der Waals surface area contributed by atoms with Crippen molar-refractivity contribution in [2.45, 2.75) is 51.1 Å². The van der Waals surface area contributed by atoms with Gasteiger partial charge in [0, 0.05) is 35.4 Å². The third-order valence-corrected chi connectivity index (χ3v) is 5.23. The Kier molecular flexibility index (Phi) is 3.48. The van der Waals surface area contributed by atoms with Gasteiger partial charge in [-0.1, -0.05) is 30.5 Å². The van der Waals surface area contributed by atoms with Crippen LogP contribution in [0.15, 0.2) is 18.2 Å². The van der Waals surface area contributed by atoms with Gasteiger partial charge in [-0.15, -0.1) is 0 Å². The smallest absolute Gasteiger partial charge is 0.0455 e. The molecule has 0 bridgehead atoms. The van der Waals surface area contributed by atoms with Gasteiger partial charge in [-0.3, -0.25) is 0 Å². The van der Waals surface area contributed by atoms with Crippen molar-refractivity contribution in [2.24, 2.45) is 0 Å². The van der Waals surface area contributed by atoms with Crippen LogP contribution in [0.1, 0.15) is 38.2 Å². The maximum atomic E-state index is 6.29. The Balaban J connectivity index is 1.86. The number of halogens is 1. The Morgan fingerprint density at radius 2 is 2.05 bits per heavy atom. The standard InChI is InChI=1S/C16H23ClN2/c1-12-5-6-14(9-15(12)17)19-11-16(7-3-4-8-16)18-10-13(19)2/h5-6,9,13,18H,3-4,7-8,10-11H2,1-2H3. The van der Waals surface area contributed by atoms with Crippen LogP contribution in [0.3, 0.4) is 0 Å². The molecule has 104 valence electrons. The fourth-order valence-electron chi connectivity index (χ4n) is 3.51. The van der Waals surface area contributed by atoms with E-state index in [0.717, 1.165) is 23.7 Å². The van der Waals surface area contributed by atoms with Gasteiger partial charge >= 0.3 is 0 Å². The van der Waals surface area contributed by atoms with Crippen LogP contribution in [0.25, 0.3) is 0 Å². The fourth-order valence-corrected chi connectivity index (χ4v) is 3.68. The van der Waals surface area contributed by atoms with Gasteiger partial charge in [0.2, 0.25) is 0 Å². The minimum Gasteiger partial charge on any atom is -0.366 e. The number of nitrogens with one attached hydrogen (secondary N) is 1. The Morgan fingerprint density at radius 1 is 1.32 bits per heavy atom. The Morgan fingerprint density at radius 3 is 2.74 bits per heavy atom. The number of hydrogen-bond donors (Lipinski definition) is 1. The summed E-state index contributed by atoms with van der Waals surface area (Å²) in [5, 5.41) is 4.67. The highest BCUT2D eigenvalue weighted by Gasteiger charge is 2.39. The Bertz CT molecular complexity index is 466. The van der Waals surface area contributed by atoms with Crippen molar-refractivity contribution < 1.29 is 0 Å². The lowest BCUT2D eigenvalue weighted by Crippen LogP contribution is -2.62. The Labute approximate surface area is 121 Å². The molecule has 1 saturated carbocycles. The number of benzene rings is 1. The quantitative estimate of drug-likeness (QED) is 0.841. The molecule has 0 aromatic heterocycles. The van der Waals surface area contributed by atoms with Gasteiger partial charge < -0.3 is 10.2 Å². The molecule has 19 heavy (non-hydrogen) atoms. The zero-order chi connectivity index (χ0) is 13.5. The summed E-state index contributed by atoms with van der Waals surface area (Å²) < 4.78 is 0. The molecular formula is C16H23ClN2. The number of aryl methyl sites for hydroxylation is 1. The van der Waals surface area contributed by atoms with E-state index in [1.165, 1.54) is 31.4 Å². The first-order chi connectivity index (χ1) is 9.10. The van der Waals surface area contributed by atoms with E-state index in [2.05, 4.69) is 42.3 Å². The second-order valence-corrected chi connectivity index (χ2v) is 6.69. The first kappa shape index (κ1) is 13.3. The summed E-state index contributed by atoms with van der Waals surface area (Å²) in [7, 11) is 0. The SMILES string of the molecule is Cc1ccc(N2CC3(CCCC3)NCC2C)cc1Cl. The van der Waals surface area contributed by atoms with E-state index in [9.17, 15) is 0 Å². The molecule has 1 saturated heterocycles. The third-order valence-electron chi connectivity index (χ3n) is 4.83. The molecule has 1 N–H and O–H groups in total. The number of hydrogen-bond acceptors (Lipinski definition) is 2. The fraction of sp³-hybridized carbons (Fsp3) is 0.625. The lowest BCUT2D eigenvalue weighted by molar-refractivity contribution is 0.276. The van der Waals surface area contributed by atoms with Gasteiger partial charge in [-0.05, 0) is 44.4 Å². The van der Waals surface area contributed by atoms with Crippen LogP contribution < -0.4 is 10.2 Å². The van der Waals surface area contributed by atoms with Gasteiger partial charge in [0.15, 0.2) is 0 Å². The maximum absolute atomic E-state index is 6.29. The van der Waals surface area contributed by atoms with Gasteiger partial charge in [-0.2, -0.15) is 0 Å². The molecule has 1 unspecified atom stereocenters. The van der Waals surface area contributed by atoms with Gasteiger partial charge in [0.1, 0.15) is 0 Å². The highest BCUT2D eigenvalue weighted by molar-refractivity contribution is 6.31. The van der Waals surface area contributed by atoms with Crippen LogP contribution in [0.4, 0.5) is 5.69 Å². The molecule has 1 aromatic carbocycles. The van der Waals surface area contributed by atoms with Gasteiger partial charge in [-0.25, -0.2) is 0 Å². The van der Waals surface area contributed by atoms with Crippen molar-refractivity contribution in [1.29, 1.82) is 0 Å². The number of anilines is 1. The van der Waals surface area contributed by atoms with Crippen LogP contribution in [0.2, 0.25) is 5.02 Å². The monoisotopic (exact) mass is 278 g/mol. The molecule has 3 heteroatoms. The van der Waals surface area contributed by atoms with Crippen LogP contribution in [-0.2, 0) is 0 Å². The predicted molar refractivity (Wildman–Crippen MR) is 82.2 cm³/mol. The zero-order valence-electron chi connectivity index (χ0n) is 11.9. The Hall–Kier alpha value is -0.730. The third kappa shape index (κ3) is 2.48. The molecule has 1 spiro atoms. The lowest BCUT2D eigenvalue weighted by Gasteiger charge is -2.46. The molecule has 1 atom stereocenters. The van der Waals surface area contributed by atoms with Crippen LogP contribution in [-0.4, -0.2) is 24.7 Å². The van der Waals surface area contributed by atoms with Crippen molar-refractivity contribution in [3.05, 3.63) is 28.8 Å². The van der Waals surface area contributed by atoms with E-state index in [0.29, 0.717) is 11.6 Å². The average molecular weight is 279 g/mol. The number of rotatable bonds is 1.